The second-order valence-electron chi connectivity index (χ2n) is 6.77. The van der Waals surface area contributed by atoms with Gasteiger partial charge in [-0.25, -0.2) is 9.97 Å². The van der Waals surface area contributed by atoms with E-state index in [-0.39, 0.29) is 11.9 Å². The van der Waals surface area contributed by atoms with Crippen molar-refractivity contribution in [2.24, 2.45) is 5.92 Å². The zero-order valence-corrected chi connectivity index (χ0v) is 13.9. The molecular weight excluding hydrogens is 276 g/mol. The first-order valence-electron chi connectivity index (χ1n) is 8.42. The molecule has 5 heteroatoms. The molecule has 1 aromatic rings. The highest BCUT2D eigenvalue weighted by Gasteiger charge is 2.31. The monoisotopic (exact) mass is 302 g/mol. The van der Waals surface area contributed by atoms with Crippen LogP contribution in [0.15, 0.2) is 6.07 Å². The van der Waals surface area contributed by atoms with E-state index in [0.717, 1.165) is 55.7 Å². The molecule has 0 unspecified atom stereocenters. The molecule has 22 heavy (non-hydrogen) atoms. The van der Waals surface area contributed by atoms with Crippen LogP contribution in [0.5, 0.6) is 0 Å². The molecule has 3 rings (SSSR count). The molecule has 2 fully saturated rings. The van der Waals surface area contributed by atoms with Crippen LogP contribution >= 0.6 is 0 Å². The Morgan fingerprint density at radius 2 is 1.91 bits per heavy atom. The van der Waals surface area contributed by atoms with Gasteiger partial charge in [-0.2, -0.15) is 0 Å². The Morgan fingerprint density at radius 1 is 1.18 bits per heavy atom. The summed E-state index contributed by atoms with van der Waals surface area (Å²) in [5.41, 5.74) is 0.994. The fourth-order valence-corrected chi connectivity index (χ4v) is 3.54. The van der Waals surface area contributed by atoms with Crippen molar-refractivity contribution in [3.05, 3.63) is 17.6 Å². The molecule has 1 amide bonds. The average Bonchev–Trinajstić information content (AvgIpc) is 2.97. The molecule has 0 aromatic carbocycles. The Hall–Kier alpha value is -1.65. The SMILES string of the molecule is CC(=O)N1CCC[C@@H]1c1nc(C)cc(N2CCC(C)CC2)n1. The third-order valence-corrected chi connectivity index (χ3v) is 4.92. The highest BCUT2D eigenvalue weighted by molar-refractivity contribution is 5.74. The minimum absolute atomic E-state index is 0.0554. The average molecular weight is 302 g/mol. The first-order chi connectivity index (χ1) is 10.5. The maximum absolute atomic E-state index is 11.8. The molecule has 0 N–H and O–H groups in total. The third-order valence-electron chi connectivity index (χ3n) is 4.92. The highest BCUT2D eigenvalue weighted by Crippen LogP contribution is 2.31. The molecule has 2 aliphatic rings. The third kappa shape index (κ3) is 3.08. The summed E-state index contributed by atoms with van der Waals surface area (Å²) in [6, 6.07) is 2.13. The highest BCUT2D eigenvalue weighted by atomic mass is 16.2. The van der Waals surface area contributed by atoms with E-state index >= 15 is 0 Å². The Kier molecular flexibility index (Phi) is 4.32. The molecule has 0 bridgehead atoms. The first-order valence-corrected chi connectivity index (χ1v) is 8.42. The molecule has 0 saturated carbocycles. The second kappa shape index (κ2) is 6.23. The number of aryl methyl sites for hydroxylation is 1. The van der Waals surface area contributed by atoms with Crippen molar-refractivity contribution in [2.45, 2.75) is 52.5 Å². The Balaban J connectivity index is 1.85. The van der Waals surface area contributed by atoms with Crippen LogP contribution in [0.3, 0.4) is 0 Å². The number of piperidine rings is 1. The maximum atomic E-state index is 11.8. The lowest BCUT2D eigenvalue weighted by atomic mass is 9.99. The number of hydrogen-bond donors (Lipinski definition) is 0. The van der Waals surface area contributed by atoms with E-state index in [1.807, 2.05) is 11.8 Å². The van der Waals surface area contributed by atoms with Crippen molar-refractivity contribution in [2.75, 3.05) is 24.5 Å². The number of carbonyl (C=O) groups is 1. The Bertz CT molecular complexity index is 552. The number of likely N-dealkylation sites (tertiary alicyclic amines) is 1. The van der Waals surface area contributed by atoms with Crippen LogP contribution < -0.4 is 4.90 Å². The van der Waals surface area contributed by atoms with Gasteiger partial charge in [0.25, 0.3) is 0 Å². The summed E-state index contributed by atoms with van der Waals surface area (Å²) in [4.78, 5) is 25.5. The molecule has 0 spiro atoms. The lowest BCUT2D eigenvalue weighted by Crippen LogP contribution is -2.34. The van der Waals surface area contributed by atoms with Crippen LogP contribution in [-0.2, 0) is 4.79 Å². The van der Waals surface area contributed by atoms with E-state index in [1.54, 1.807) is 6.92 Å². The van der Waals surface area contributed by atoms with Gasteiger partial charge >= 0.3 is 0 Å². The standard InChI is InChI=1S/C17H26N4O/c1-12-6-9-20(10-7-12)16-11-13(2)18-17(19-16)15-5-4-8-21(15)14(3)22/h11-12,15H,4-10H2,1-3H3/t15-/m1/s1. The van der Waals surface area contributed by atoms with Crippen LogP contribution in [0.2, 0.25) is 0 Å². The molecule has 3 heterocycles. The quantitative estimate of drug-likeness (QED) is 0.843. The maximum Gasteiger partial charge on any atom is 0.220 e. The molecule has 0 radical (unpaired) electrons. The van der Waals surface area contributed by atoms with Gasteiger partial charge in [-0.15, -0.1) is 0 Å². The topological polar surface area (TPSA) is 49.3 Å². The number of nitrogens with zero attached hydrogens (tertiary/aromatic N) is 4. The second-order valence-corrected chi connectivity index (χ2v) is 6.77. The van der Waals surface area contributed by atoms with Crippen LogP contribution in [0.1, 0.15) is 57.1 Å². The summed E-state index contributed by atoms with van der Waals surface area (Å²) in [6.45, 7) is 8.94. The number of aromatic nitrogens is 2. The van der Waals surface area contributed by atoms with Crippen molar-refractivity contribution >= 4 is 11.7 Å². The number of rotatable bonds is 2. The smallest absolute Gasteiger partial charge is 0.220 e. The van der Waals surface area contributed by atoms with Gasteiger partial charge in [0.05, 0.1) is 6.04 Å². The lowest BCUT2D eigenvalue weighted by Gasteiger charge is -2.32. The minimum atomic E-state index is 0.0554. The molecule has 120 valence electrons. The molecule has 0 aliphatic carbocycles. The van der Waals surface area contributed by atoms with Gasteiger partial charge in [-0.3, -0.25) is 4.79 Å². The van der Waals surface area contributed by atoms with Gasteiger partial charge < -0.3 is 9.80 Å². The van der Waals surface area contributed by atoms with E-state index in [0.29, 0.717) is 0 Å². The van der Waals surface area contributed by atoms with Crippen LogP contribution in [0.25, 0.3) is 0 Å². The largest absolute Gasteiger partial charge is 0.356 e. The Labute approximate surface area is 132 Å². The number of carbonyl (C=O) groups excluding carboxylic acids is 1. The summed E-state index contributed by atoms with van der Waals surface area (Å²) in [5, 5.41) is 0. The fourth-order valence-electron chi connectivity index (χ4n) is 3.54. The van der Waals surface area contributed by atoms with Crippen molar-refractivity contribution in [3.8, 4) is 0 Å². The minimum Gasteiger partial charge on any atom is -0.356 e. The summed E-state index contributed by atoms with van der Waals surface area (Å²) in [7, 11) is 0. The predicted octanol–water partition coefficient (Wildman–Crippen LogP) is 2.70. The van der Waals surface area contributed by atoms with Crippen molar-refractivity contribution in [1.82, 2.24) is 14.9 Å². The molecule has 1 aromatic heterocycles. The summed E-state index contributed by atoms with van der Waals surface area (Å²) in [6.07, 6.45) is 4.46. The van der Waals surface area contributed by atoms with Gasteiger partial charge in [0, 0.05) is 38.3 Å². The van der Waals surface area contributed by atoms with Gasteiger partial charge in [0.1, 0.15) is 5.82 Å². The van der Waals surface area contributed by atoms with Crippen LogP contribution in [0, 0.1) is 12.8 Å². The molecule has 1 atom stereocenters. The summed E-state index contributed by atoms with van der Waals surface area (Å²) in [5.74, 6) is 2.79. The number of amides is 1. The fraction of sp³-hybridized carbons (Fsp3) is 0.706. The van der Waals surface area contributed by atoms with E-state index in [1.165, 1.54) is 12.8 Å². The van der Waals surface area contributed by atoms with Gasteiger partial charge in [0.15, 0.2) is 5.82 Å². The number of hydrogen-bond acceptors (Lipinski definition) is 4. The van der Waals surface area contributed by atoms with Crippen molar-refractivity contribution in [3.63, 3.8) is 0 Å². The zero-order chi connectivity index (χ0) is 15.7. The van der Waals surface area contributed by atoms with Crippen LogP contribution in [0.4, 0.5) is 5.82 Å². The van der Waals surface area contributed by atoms with Gasteiger partial charge in [0.2, 0.25) is 5.91 Å². The van der Waals surface area contributed by atoms with E-state index < -0.39 is 0 Å². The molecule has 2 saturated heterocycles. The van der Waals surface area contributed by atoms with Gasteiger partial charge in [-0.1, -0.05) is 6.92 Å². The van der Waals surface area contributed by atoms with Crippen molar-refractivity contribution in [1.29, 1.82) is 0 Å². The number of anilines is 1. The van der Waals surface area contributed by atoms with E-state index in [4.69, 9.17) is 4.98 Å². The summed E-state index contributed by atoms with van der Waals surface area (Å²) < 4.78 is 0. The molecule has 5 nitrogen and oxygen atoms in total. The predicted molar refractivity (Wildman–Crippen MR) is 86.7 cm³/mol. The lowest BCUT2D eigenvalue weighted by molar-refractivity contribution is -0.129. The van der Waals surface area contributed by atoms with E-state index in [2.05, 4.69) is 22.9 Å². The molecule has 2 aliphatic heterocycles. The van der Waals surface area contributed by atoms with Crippen molar-refractivity contribution < 1.29 is 4.79 Å². The first kappa shape index (κ1) is 15.3. The summed E-state index contributed by atoms with van der Waals surface area (Å²) >= 11 is 0. The van der Waals surface area contributed by atoms with Gasteiger partial charge in [-0.05, 0) is 38.5 Å². The van der Waals surface area contributed by atoms with E-state index in [9.17, 15) is 4.79 Å². The molecular formula is C17H26N4O. The Morgan fingerprint density at radius 3 is 2.59 bits per heavy atom. The zero-order valence-electron chi connectivity index (χ0n) is 13.9. The van der Waals surface area contributed by atoms with Crippen LogP contribution in [-0.4, -0.2) is 40.4 Å². The normalized spacial score (nSPS) is 23.1.